The number of benzene rings is 2. The van der Waals surface area contributed by atoms with Gasteiger partial charge in [-0.25, -0.2) is 13.1 Å². The molecule has 0 saturated heterocycles. The lowest BCUT2D eigenvalue weighted by Crippen LogP contribution is -2.25. The Bertz CT molecular complexity index is 1060. The first-order valence-electron chi connectivity index (χ1n) is 9.53. The van der Waals surface area contributed by atoms with E-state index in [1.807, 2.05) is 70.2 Å². The Morgan fingerprint density at radius 1 is 0.897 bits per heavy atom. The van der Waals surface area contributed by atoms with Gasteiger partial charge in [0.2, 0.25) is 10.0 Å². The lowest BCUT2D eigenvalue weighted by Gasteiger charge is -2.16. The Balaban J connectivity index is 1.68. The van der Waals surface area contributed by atoms with Crippen molar-refractivity contribution >= 4 is 10.0 Å². The average Bonchev–Trinajstić information content (AvgIpc) is 3.19. The van der Waals surface area contributed by atoms with E-state index in [1.165, 1.54) is 0 Å². The van der Waals surface area contributed by atoms with E-state index >= 15 is 0 Å². The van der Waals surface area contributed by atoms with Crippen LogP contribution in [0.2, 0.25) is 0 Å². The van der Waals surface area contributed by atoms with Crippen molar-refractivity contribution in [2.24, 2.45) is 0 Å². The highest BCUT2D eigenvalue weighted by Crippen LogP contribution is 2.26. The van der Waals surface area contributed by atoms with Crippen molar-refractivity contribution in [1.29, 1.82) is 0 Å². The van der Waals surface area contributed by atoms with Gasteiger partial charge in [0.1, 0.15) is 12.4 Å². The summed E-state index contributed by atoms with van der Waals surface area (Å²) in [7, 11) is -3.62. The molecule has 0 fully saturated rings. The number of rotatable bonds is 8. The van der Waals surface area contributed by atoms with Gasteiger partial charge in [0.15, 0.2) is 0 Å². The first-order chi connectivity index (χ1) is 13.8. The van der Waals surface area contributed by atoms with Gasteiger partial charge in [-0.2, -0.15) is 0 Å². The molecule has 0 spiro atoms. The van der Waals surface area contributed by atoms with Gasteiger partial charge in [-0.05, 0) is 73.2 Å². The summed E-state index contributed by atoms with van der Waals surface area (Å²) in [5, 5.41) is 0. The van der Waals surface area contributed by atoms with Gasteiger partial charge in [-0.15, -0.1) is 0 Å². The zero-order valence-electron chi connectivity index (χ0n) is 17.3. The van der Waals surface area contributed by atoms with E-state index in [-0.39, 0.29) is 6.54 Å². The predicted molar refractivity (Wildman–Crippen MR) is 113 cm³/mol. The number of ether oxygens (including phenoxy) is 1. The normalized spacial score (nSPS) is 11.7. The molecule has 0 saturated carbocycles. The van der Waals surface area contributed by atoms with E-state index in [9.17, 15) is 8.42 Å². The number of hydrogen-bond acceptors (Lipinski definition) is 4. The van der Waals surface area contributed by atoms with Crippen LogP contribution in [0.5, 0.6) is 0 Å². The third kappa shape index (κ3) is 5.15. The van der Waals surface area contributed by atoms with Crippen molar-refractivity contribution in [2.45, 2.75) is 52.3 Å². The Labute approximate surface area is 172 Å². The largest absolute Gasteiger partial charge is 0.467 e. The maximum Gasteiger partial charge on any atom is 0.241 e. The quantitative estimate of drug-likeness (QED) is 0.581. The van der Waals surface area contributed by atoms with Crippen molar-refractivity contribution in [2.75, 3.05) is 0 Å². The molecular weight excluding hydrogens is 386 g/mol. The van der Waals surface area contributed by atoms with E-state index in [1.54, 1.807) is 6.26 Å². The number of furan rings is 1. The molecule has 29 heavy (non-hydrogen) atoms. The van der Waals surface area contributed by atoms with Crippen LogP contribution in [0, 0.1) is 27.7 Å². The summed E-state index contributed by atoms with van der Waals surface area (Å²) in [6.45, 7) is 8.63. The van der Waals surface area contributed by atoms with E-state index in [4.69, 9.17) is 9.15 Å². The second-order valence-electron chi connectivity index (χ2n) is 7.31. The summed E-state index contributed by atoms with van der Waals surface area (Å²) < 4.78 is 39.6. The Morgan fingerprint density at radius 3 is 2.24 bits per heavy atom. The predicted octanol–water partition coefficient (Wildman–Crippen LogP) is 4.71. The first-order valence-corrected chi connectivity index (χ1v) is 11.0. The topological polar surface area (TPSA) is 68.5 Å². The van der Waals surface area contributed by atoms with Crippen LogP contribution in [-0.4, -0.2) is 8.42 Å². The summed E-state index contributed by atoms with van der Waals surface area (Å²) in [6, 6.07) is 13.4. The van der Waals surface area contributed by atoms with Gasteiger partial charge in [-0.1, -0.05) is 30.3 Å². The monoisotopic (exact) mass is 413 g/mol. The van der Waals surface area contributed by atoms with Crippen LogP contribution in [0.1, 0.15) is 39.1 Å². The maximum atomic E-state index is 13.0. The van der Waals surface area contributed by atoms with Gasteiger partial charge < -0.3 is 9.15 Å². The minimum atomic E-state index is -3.62. The van der Waals surface area contributed by atoms with Gasteiger partial charge in [-0.3, -0.25) is 0 Å². The van der Waals surface area contributed by atoms with Crippen molar-refractivity contribution < 1.29 is 17.6 Å². The number of sulfonamides is 1. The molecule has 6 heteroatoms. The molecule has 154 valence electrons. The molecule has 3 aromatic rings. The molecule has 2 aromatic carbocycles. The molecule has 3 rings (SSSR count). The van der Waals surface area contributed by atoms with Crippen LogP contribution < -0.4 is 4.72 Å². The first kappa shape index (κ1) is 21.3. The van der Waals surface area contributed by atoms with Crippen LogP contribution in [-0.2, 0) is 34.5 Å². The summed E-state index contributed by atoms with van der Waals surface area (Å²) >= 11 is 0. The minimum Gasteiger partial charge on any atom is -0.467 e. The molecule has 0 amide bonds. The molecule has 1 aromatic heterocycles. The van der Waals surface area contributed by atoms with Crippen molar-refractivity contribution in [3.05, 3.63) is 87.9 Å². The molecule has 0 bridgehead atoms. The molecule has 1 N–H and O–H groups in total. The van der Waals surface area contributed by atoms with Crippen LogP contribution in [0.25, 0.3) is 0 Å². The fraction of sp³-hybridized carbons (Fsp3) is 0.304. The third-order valence-corrected chi connectivity index (χ3v) is 6.79. The van der Waals surface area contributed by atoms with Gasteiger partial charge in [0.25, 0.3) is 0 Å². The maximum absolute atomic E-state index is 13.0. The molecule has 1 heterocycles. The van der Waals surface area contributed by atoms with Crippen molar-refractivity contribution in [1.82, 2.24) is 4.72 Å². The smallest absolute Gasteiger partial charge is 0.241 e. The Morgan fingerprint density at radius 2 is 1.59 bits per heavy atom. The summed E-state index contributed by atoms with van der Waals surface area (Å²) in [4.78, 5) is 0.382. The highest BCUT2D eigenvalue weighted by atomic mass is 32.2. The van der Waals surface area contributed by atoms with Crippen LogP contribution >= 0.6 is 0 Å². The van der Waals surface area contributed by atoms with Crippen LogP contribution in [0.3, 0.4) is 0 Å². The fourth-order valence-corrected chi connectivity index (χ4v) is 4.96. The number of hydrogen-bond donors (Lipinski definition) is 1. The van der Waals surface area contributed by atoms with E-state index in [0.29, 0.717) is 18.1 Å². The molecule has 0 radical (unpaired) electrons. The van der Waals surface area contributed by atoms with Crippen molar-refractivity contribution in [3.8, 4) is 0 Å². The SMILES string of the molecule is Cc1cc(C)c(C)c(S(=O)(=O)NCc2cccc(COCc3ccco3)c2)c1C. The van der Waals surface area contributed by atoms with Gasteiger partial charge in [0, 0.05) is 6.54 Å². The Hall–Kier alpha value is -2.41. The van der Waals surface area contributed by atoms with Crippen molar-refractivity contribution in [3.63, 3.8) is 0 Å². The standard InChI is InChI=1S/C23H27NO4S/c1-16-11-17(2)19(4)23(18(16)3)29(25,26)24-13-20-7-5-8-21(12-20)14-27-15-22-9-6-10-28-22/h5-12,24H,13-15H2,1-4H3. The Kier molecular flexibility index (Phi) is 6.57. The highest BCUT2D eigenvalue weighted by Gasteiger charge is 2.21. The highest BCUT2D eigenvalue weighted by molar-refractivity contribution is 7.89. The second kappa shape index (κ2) is 8.95. The lowest BCUT2D eigenvalue weighted by molar-refractivity contribution is 0.0929. The number of nitrogens with one attached hydrogen (secondary N) is 1. The third-order valence-electron chi connectivity index (χ3n) is 5.12. The molecule has 0 aliphatic carbocycles. The van der Waals surface area contributed by atoms with E-state index in [2.05, 4.69) is 4.72 Å². The number of aryl methyl sites for hydroxylation is 2. The molecular formula is C23H27NO4S. The van der Waals surface area contributed by atoms with E-state index < -0.39 is 10.0 Å². The van der Waals surface area contributed by atoms with Crippen LogP contribution in [0.15, 0.2) is 58.0 Å². The summed E-state index contributed by atoms with van der Waals surface area (Å²) in [5.41, 5.74) is 5.40. The molecule has 5 nitrogen and oxygen atoms in total. The summed E-state index contributed by atoms with van der Waals surface area (Å²) in [5.74, 6) is 0.771. The van der Waals surface area contributed by atoms with Gasteiger partial charge >= 0.3 is 0 Å². The average molecular weight is 414 g/mol. The molecule has 0 aliphatic rings. The van der Waals surface area contributed by atoms with E-state index in [0.717, 1.165) is 39.1 Å². The minimum absolute atomic E-state index is 0.222. The molecule has 0 aliphatic heterocycles. The van der Waals surface area contributed by atoms with Crippen LogP contribution in [0.4, 0.5) is 0 Å². The molecule has 0 atom stereocenters. The summed E-state index contributed by atoms with van der Waals surface area (Å²) in [6.07, 6.45) is 1.62. The molecule has 0 unspecified atom stereocenters. The fourth-order valence-electron chi connectivity index (χ4n) is 3.33. The van der Waals surface area contributed by atoms with Gasteiger partial charge in [0.05, 0.1) is 17.8 Å². The lowest BCUT2D eigenvalue weighted by atomic mass is 10.0. The zero-order chi connectivity index (χ0) is 21.0. The zero-order valence-corrected chi connectivity index (χ0v) is 18.1. The second-order valence-corrected chi connectivity index (χ2v) is 9.01.